The normalized spacial score (nSPS) is 15.2. The summed E-state index contributed by atoms with van der Waals surface area (Å²) in [6.45, 7) is 6.48. The molecule has 0 aromatic heterocycles. The summed E-state index contributed by atoms with van der Waals surface area (Å²) in [4.78, 5) is 16.9. The van der Waals surface area contributed by atoms with Crippen LogP contribution in [0.4, 0.5) is 0 Å². The van der Waals surface area contributed by atoms with E-state index in [0.717, 1.165) is 48.9 Å². The van der Waals surface area contributed by atoms with E-state index in [0.29, 0.717) is 19.1 Å². The van der Waals surface area contributed by atoms with Crippen molar-refractivity contribution in [3.8, 4) is 0 Å². The van der Waals surface area contributed by atoms with Gasteiger partial charge in [0.25, 0.3) is 0 Å². The van der Waals surface area contributed by atoms with Crippen molar-refractivity contribution < 1.29 is 4.79 Å². The molecular formula is C18H29BrClN3O. The fourth-order valence-electron chi connectivity index (χ4n) is 3.11. The van der Waals surface area contributed by atoms with E-state index in [1.165, 1.54) is 0 Å². The Morgan fingerprint density at radius 2 is 1.96 bits per heavy atom. The lowest BCUT2D eigenvalue weighted by Crippen LogP contribution is -2.47. The Kier molecular flexibility index (Phi) is 9.89. The maximum atomic E-state index is 12.6. The third-order valence-electron chi connectivity index (χ3n) is 4.47. The van der Waals surface area contributed by atoms with Crippen LogP contribution < -0.4 is 5.32 Å². The van der Waals surface area contributed by atoms with Gasteiger partial charge < -0.3 is 10.2 Å². The molecule has 1 aliphatic heterocycles. The van der Waals surface area contributed by atoms with Crippen LogP contribution in [0.25, 0.3) is 0 Å². The van der Waals surface area contributed by atoms with Crippen molar-refractivity contribution >= 4 is 34.2 Å². The first-order valence-electron chi connectivity index (χ1n) is 8.54. The number of amides is 1. The summed E-state index contributed by atoms with van der Waals surface area (Å²) in [7, 11) is 1.90. The summed E-state index contributed by atoms with van der Waals surface area (Å²) >= 11 is 3.56. The van der Waals surface area contributed by atoms with Gasteiger partial charge in [0.05, 0.1) is 6.54 Å². The van der Waals surface area contributed by atoms with Gasteiger partial charge in [-0.05, 0) is 50.5 Å². The number of carbonyl (C=O) groups excluding carboxylic acids is 1. The second-order valence-corrected chi connectivity index (χ2v) is 7.15. The van der Waals surface area contributed by atoms with Gasteiger partial charge in [-0.2, -0.15) is 0 Å². The van der Waals surface area contributed by atoms with E-state index < -0.39 is 0 Å². The van der Waals surface area contributed by atoms with E-state index in [1.54, 1.807) is 0 Å². The molecular weight excluding hydrogens is 390 g/mol. The number of nitrogens with one attached hydrogen (secondary N) is 1. The van der Waals surface area contributed by atoms with Crippen molar-refractivity contribution in [1.29, 1.82) is 0 Å². The Balaban J connectivity index is 0.00000288. The first-order chi connectivity index (χ1) is 11.1. The number of likely N-dealkylation sites (N-methyl/N-ethyl adjacent to an activating group) is 1. The summed E-state index contributed by atoms with van der Waals surface area (Å²) in [6.07, 6.45) is 3.37. The van der Waals surface area contributed by atoms with Gasteiger partial charge in [0.15, 0.2) is 0 Å². The summed E-state index contributed by atoms with van der Waals surface area (Å²) in [6, 6.07) is 8.63. The molecule has 1 N–H and O–H groups in total. The van der Waals surface area contributed by atoms with Gasteiger partial charge in [-0.25, -0.2) is 0 Å². The van der Waals surface area contributed by atoms with Gasteiger partial charge >= 0.3 is 0 Å². The Morgan fingerprint density at radius 1 is 1.29 bits per heavy atom. The van der Waals surface area contributed by atoms with Crippen molar-refractivity contribution in [2.45, 2.75) is 38.8 Å². The fourth-order valence-corrected chi connectivity index (χ4v) is 3.52. The molecule has 1 aliphatic rings. The molecule has 0 unspecified atom stereocenters. The summed E-state index contributed by atoms with van der Waals surface area (Å²) in [5.41, 5.74) is 1.15. The minimum atomic E-state index is 0. The smallest absolute Gasteiger partial charge is 0.236 e. The van der Waals surface area contributed by atoms with Crippen LogP contribution in [0.5, 0.6) is 0 Å². The van der Waals surface area contributed by atoms with Crippen molar-refractivity contribution in [2.75, 3.05) is 33.2 Å². The minimum absolute atomic E-state index is 0. The number of rotatable bonds is 7. The highest BCUT2D eigenvalue weighted by atomic mass is 79.9. The number of nitrogens with zero attached hydrogens (tertiary/aromatic N) is 2. The first kappa shape index (κ1) is 21.4. The van der Waals surface area contributed by atoms with E-state index >= 15 is 0 Å². The van der Waals surface area contributed by atoms with Crippen LogP contribution in [-0.2, 0) is 11.3 Å². The molecule has 0 atom stereocenters. The van der Waals surface area contributed by atoms with Gasteiger partial charge in [-0.3, -0.25) is 9.69 Å². The average molecular weight is 419 g/mol. The SMILES string of the molecule is CCCN(CC(=O)N(C)Cc1ccccc1Br)C1CCNCC1.Cl. The Labute approximate surface area is 160 Å². The van der Waals surface area contributed by atoms with Crippen LogP contribution in [0.3, 0.4) is 0 Å². The van der Waals surface area contributed by atoms with Gasteiger partial charge in [0.1, 0.15) is 0 Å². The van der Waals surface area contributed by atoms with E-state index in [4.69, 9.17) is 0 Å². The molecule has 1 saturated heterocycles. The monoisotopic (exact) mass is 417 g/mol. The van der Waals surface area contributed by atoms with Crippen LogP contribution in [0.15, 0.2) is 28.7 Å². The molecule has 0 spiro atoms. The third kappa shape index (κ3) is 6.36. The Hall–Kier alpha value is -0.620. The van der Waals surface area contributed by atoms with Gasteiger partial charge in [0.2, 0.25) is 5.91 Å². The number of hydrogen-bond donors (Lipinski definition) is 1. The molecule has 1 aromatic rings. The minimum Gasteiger partial charge on any atom is -0.340 e. The van der Waals surface area contributed by atoms with Crippen molar-refractivity contribution in [3.05, 3.63) is 34.3 Å². The van der Waals surface area contributed by atoms with Gasteiger partial charge in [-0.15, -0.1) is 12.4 Å². The molecule has 0 bridgehead atoms. The molecule has 6 heteroatoms. The van der Waals surface area contributed by atoms with Crippen molar-refractivity contribution in [2.24, 2.45) is 0 Å². The molecule has 136 valence electrons. The fraction of sp³-hybridized carbons (Fsp3) is 0.611. The number of piperidine rings is 1. The topological polar surface area (TPSA) is 35.6 Å². The summed E-state index contributed by atoms with van der Waals surface area (Å²) in [5, 5.41) is 3.40. The lowest BCUT2D eigenvalue weighted by atomic mass is 10.0. The quantitative estimate of drug-likeness (QED) is 0.738. The second-order valence-electron chi connectivity index (χ2n) is 6.29. The third-order valence-corrected chi connectivity index (χ3v) is 5.24. The maximum Gasteiger partial charge on any atom is 0.236 e. The van der Waals surface area contributed by atoms with E-state index in [-0.39, 0.29) is 18.3 Å². The molecule has 0 radical (unpaired) electrons. The van der Waals surface area contributed by atoms with Crippen molar-refractivity contribution in [3.63, 3.8) is 0 Å². The molecule has 1 amide bonds. The van der Waals surface area contributed by atoms with E-state index in [2.05, 4.69) is 39.1 Å². The molecule has 1 aromatic carbocycles. The van der Waals surface area contributed by atoms with E-state index in [9.17, 15) is 4.79 Å². The number of hydrogen-bond acceptors (Lipinski definition) is 3. The molecule has 4 nitrogen and oxygen atoms in total. The van der Waals surface area contributed by atoms with Crippen LogP contribution in [0, 0.1) is 0 Å². The largest absolute Gasteiger partial charge is 0.340 e. The summed E-state index contributed by atoms with van der Waals surface area (Å²) < 4.78 is 1.06. The zero-order valence-electron chi connectivity index (χ0n) is 14.6. The predicted molar refractivity (Wildman–Crippen MR) is 106 cm³/mol. The van der Waals surface area contributed by atoms with Crippen LogP contribution in [-0.4, -0.2) is 55.0 Å². The highest BCUT2D eigenvalue weighted by Crippen LogP contribution is 2.18. The zero-order valence-corrected chi connectivity index (χ0v) is 17.0. The highest BCUT2D eigenvalue weighted by molar-refractivity contribution is 9.10. The number of halogens is 2. The predicted octanol–water partition coefficient (Wildman–Crippen LogP) is 3.29. The van der Waals surface area contributed by atoms with Gasteiger partial charge in [0, 0.05) is 24.1 Å². The van der Waals surface area contributed by atoms with Crippen LogP contribution >= 0.6 is 28.3 Å². The standard InChI is InChI=1S/C18H28BrN3O.ClH/c1-3-12-22(16-8-10-20-11-9-16)14-18(23)21(2)13-15-6-4-5-7-17(15)19;/h4-7,16,20H,3,8-14H2,1-2H3;1H. The Morgan fingerprint density at radius 3 is 2.58 bits per heavy atom. The van der Waals surface area contributed by atoms with Gasteiger partial charge in [-0.1, -0.05) is 41.1 Å². The second kappa shape index (κ2) is 11.1. The average Bonchev–Trinajstić information content (AvgIpc) is 2.57. The molecule has 2 rings (SSSR count). The number of carbonyl (C=O) groups is 1. The molecule has 0 saturated carbocycles. The van der Waals surface area contributed by atoms with Crippen LogP contribution in [0.2, 0.25) is 0 Å². The molecule has 1 fully saturated rings. The lowest BCUT2D eigenvalue weighted by Gasteiger charge is -2.35. The molecule has 24 heavy (non-hydrogen) atoms. The maximum absolute atomic E-state index is 12.6. The first-order valence-corrected chi connectivity index (χ1v) is 9.33. The highest BCUT2D eigenvalue weighted by Gasteiger charge is 2.23. The zero-order chi connectivity index (χ0) is 16.7. The Bertz CT molecular complexity index is 509. The molecule has 0 aliphatic carbocycles. The van der Waals surface area contributed by atoms with Crippen LogP contribution in [0.1, 0.15) is 31.7 Å². The van der Waals surface area contributed by atoms with Crippen molar-refractivity contribution in [1.82, 2.24) is 15.1 Å². The lowest BCUT2D eigenvalue weighted by molar-refractivity contribution is -0.132. The number of benzene rings is 1. The molecule has 1 heterocycles. The van der Waals surface area contributed by atoms with E-state index in [1.807, 2.05) is 30.1 Å². The summed E-state index contributed by atoms with van der Waals surface area (Å²) in [5.74, 6) is 0.202.